The number of likely N-dealkylation sites (N-methyl/N-ethyl adjacent to an activating group) is 1. The van der Waals surface area contributed by atoms with Crippen LogP contribution in [0, 0.1) is 0 Å². The monoisotopic (exact) mass is 367 g/mol. The second-order valence-electron chi connectivity index (χ2n) is 6.86. The fourth-order valence-electron chi connectivity index (χ4n) is 3.39. The van der Waals surface area contributed by atoms with Crippen LogP contribution in [0.25, 0.3) is 5.57 Å². The smallest absolute Gasteiger partial charge is 0.306 e. The maximum atomic E-state index is 10.7. The van der Waals surface area contributed by atoms with Crippen LogP contribution < -0.4 is 4.74 Å². The van der Waals surface area contributed by atoms with Gasteiger partial charge in [0.15, 0.2) is 0 Å². The lowest BCUT2D eigenvalue weighted by Gasteiger charge is -2.19. The van der Waals surface area contributed by atoms with Crippen molar-refractivity contribution < 1.29 is 19.7 Å². The van der Waals surface area contributed by atoms with Crippen LogP contribution in [-0.4, -0.2) is 47.3 Å². The van der Waals surface area contributed by atoms with E-state index in [0.29, 0.717) is 13.2 Å². The molecule has 0 saturated heterocycles. The standard InChI is InChI=1S/C22H25NO4/c1-23(14-17(24)13-22(25)26)12-6-10-19-18-8-3-2-7-16(18)15-27-21-11-5-4-9-20(19)21/h2-5,7-11,17,24H,6,12-15H2,1H3,(H,25,26). The highest BCUT2D eigenvalue weighted by Crippen LogP contribution is 2.36. The largest absolute Gasteiger partial charge is 0.488 e. The molecule has 2 N–H and O–H groups in total. The first-order chi connectivity index (χ1) is 13.0. The molecule has 0 radical (unpaired) electrons. The molecule has 0 bridgehead atoms. The molecular weight excluding hydrogens is 342 g/mol. The van der Waals surface area contributed by atoms with E-state index in [9.17, 15) is 9.90 Å². The van der Waals surface area contributed by atoms with Gasteiger partial charge in [-0.1, -0.05) is 48.5 Å². The number of fused-ring (bicyclic) bond motifs is 2. The summed E-state index contributed by atoms with van der Waals surface area (Å²) in [6.07, 6.45) is 1.90. The molecule has 0 aromatic heterocycles. The number of hydrogen-bond acceptors (Lipinski definition) is 4. The van der Waals surface area contributed by atoms with E-state index in [2.05, 4.69) is 24.3 Å². The first-order valence-corrected chi connectivity index (χ1v) is 9.13. The Labute approximate surface area is 159 Å². The normalized spacial score (nSPS) is 15.6. The lowest BCUT2D eigenvalue weighted by molar-refractivity contribution is -0.139. The minimum Gasteiger partial charge on any atom is -0.488 e. The van der Waals surface area contributed by atoms with Crippen molar-refractivity contribution >= 4 is 11.5 Å². The van der Waals surface area contributed by atoms with Crippen molar-refractivity contribution in [3.05, 3.63) is 71.3 Å². The highest BCUT2D eigenvalue weighted by Gasteiger charge is 2.18. The van der Waals surface area contributed by atoms with Gasteiger partial charge in [-0.3, -0.25) is 4.79 Å². The molecule has 0 fully saturated rings. The molecule has 27 heavy (non-hydrogen) atoms. The van der Waals surface area contributed by atoms with Crippen LogP contribution in [0.1, 0.15) is 29.5 Å². The molecule has 2 aromatic rings. The van der Waals surface area contributed by atoms with E-state index in [1.165, 1.54) is 5.56 Å². The maximum Gasteiger partial charge on any atom is 0.306 e. The average Bonchev–Trinajstić information content (AvgIpc) is 2.78. The molecule has 5 nitrogen and oxygen atoms in total. The summed E-state index contributed by atoms with van der Waals surface area (Å²) in [4.78, 5) is 12.6. The molecule has 0 aliphatic carbocycles. The van der Waals surface area contributed by atoms with E-state index in [0.717, 1.165) is 35.4 Å². The van der Waals surface area contributed by atoms with Gasteiger partial charge in [0.1, 0.15) is 12.4 Å². The molecule has 0 saturated carbocycles. The number of para-hydroxylation sites is 1. The van der Waals surface area contributed by atoms with Gasteiger partial charge in [0.25, 0.3) is 0 Å². The van der Waals surface area contributed by atoms with Crippen LogP contribution in [0.15, 0.2) is 54.6 Å². The minimum absolute atomic E-state index is 0.233. The van der Waals surface area contributed by atoms with Gasteiger partial charge < -0.3 is 19.8 Å². The van der Waals surface area contributed by atoms with Crippen molar-refractivity contribution in [1.29, 1.82) is 0 Å². The van der Waals surface area contributed by atoms with E-state index in [1.807, 2.05) is 42.3 Å². The van der Waals surface area contributed by atoms with Crippen LogP contribution in [0.3, 0.4) is 0 Å². The Kier molecular flexibility index (Phi) is 6.27. The molecule has 1 atom stereocenters. The Hall–Kier alpha value is -2.63. The van der Waals surface area contributed by atoms with Gasteiger partial charge in [-0.2, -0.15) is 0 Å². The summed E-state index contributed by atoms with van der Waals surface area (Å²) >= 11 is 0. The first-order valence-electron chi connectivity index (χ1n) is 9.13. The molecule has 2 aromatic carbocycles. The van der Waals surface area contributed by atoms with Crippen LogP contribution in [0.4, 0.5) is 0 Å². The zero-order valence-electron chi connectivity index (χ0n) is 15.5. The number of carboxylic acids is 1. The zero-order valence-corrected chi connectivity index (χ0v) is 15.5. The maximum absolute atomic E-state index is 10.7. The van der Waals surface area contributed by atoms with Crippen molar-refractivity contribution in [3.63, 3.8) is 0 Å². The first kappa shape index (κ1) is 19.1. The Morgan fingerprint density at radius 1 is 1.19 bits per heavy atom. The van der Waals surface area contributed by atoms with Crippen LogP contribution in [0.5, 0.6) is 5.75 Å². The van der Waals surface area contributed by atoms with Gasteiger partial charge in [0, 0.05) is 18.7 Å². The highest BCUT2D eigenvalue weighted by atomic mass is 16.5. The summed E-state index contributed by atoms with van der Waals surface area (Å²) < 4.78 is 5.98. The quantitative estimate of drug-likeness (QED) is 0.787. The summed E-state index contributed by atoms with van der Waals surface area (Å²) in [6.45, 7) is 1.61. The van der Waals surface area contributed by atoms with Crippen LogP contribution >= 0.6 is 0 Å². The molecule has 1 aliphatic heterocycles. The second kappa shape index (κ2) is 8.84. The minimum atomic E-state index is -0.982. The molecule has 1 aliphatic rings. The number of aliphatic carboxylic acids is 1. The third-order valence-electron chi connectivity index (χ3n) is 4.66. The number of carboxylic acid groups (broad SMARTS) is 1. The predicted octanol–water partition coefficient (Wildman–Crippen LogP) is 3.17. The second-order valence-corrected chi connectivity index (χ2v) is 6.86. The lowest BCUT2D eigenvalue weighted by atomic mass is 9.93. The van der Waals surface area contributed by atoms with E-state index in [1.54, 1.807) is 0 Å². The molecular formula is C22H25NO4. The number of benzene rings is 2. The topological polar surface area (TPSA) is 70.0 Å². The summed E-state index contributed by atoms with van der Waals surface area (Å²) in [7, 11) is 1.89. The number of rotatable bonds is 7. The van der Waals surface area contributed by atoms with E-state index in [-0.39, 0.29) is 6.42 Å². The molecule has 142 valence electrons. The number of aliphatic hydroxyl groups excluding tert-OH is 1. The third-order valence-corrected chi connectivity index (χ3v) is 4.66. The van der Waals surface area contributed by atoms with Crippen molar-refractivity contribution in [3.8, 4) is 5.75 Å². The van der Waals surface area contributed by atoms with Gasteiger partial charge in [0.05, 0.1) is 12.5 Å². The number of ether oxygens (including phenoxy) is 1. The van der Waals surface area contributed by atoms with Gasteiger partial charge >= 0.3 is 5.97 Å². The molecule has 0 amide bonds. The van der Waals surface area contributed by atoms with Crippen molar-refractivity contribution in [1.82, 2.24) is 4.90 Å². The van der Waals surface area contributed by atoms with Crippen LogP contribution in [-0.2, 0) is 11.4 Å². The summed E-state index contributed by atoms with van der Waals surface area (Å²) in [5, 5.41) is 18.5. The number of aliphatic hydroxyl groups is 1. The zero-order chi connectivity index (χ0) is 19.2. The van der Waals surface area contributed by atoms with Crippen molar-refractivity contribution in [2.75, 3.05) is 20.1 Å². The molecule has 3 rings (SSSR count). The molecule has 1 heterocycles. The average molecular weight is 367 g/mol. The van der Waals surface area contributed by atoms with E-state index < -0.39 is 12.1 Å². The third kappa shape index (κ3) is 4.96. The number of carbonyl (C=O) groups is 1. The van der Waals surface area contributed by atoms with Gasteiger partial charge in [-0.25, -0.2) is 0 Å². The Morgan fingerprint density at radius 3 is 2.67 bits per heavy atom. The van der Waals surface area contributed by atoms with Gasteiger partial charge in [-0.15, -0.1) is 0 Å². The highest BCUT2D eigenvalue weighted by molar-refractivity contribution is 5.84. The van der Waals surface area contributed by atoms with E-state index >= 15 is 0 Å². The van der Waals surface area contributed by atoms with Crippen molar-refractivity contribution in [2.45, 2.75) is 25.6 Å². The molecule has 5 heteroatoms. The summed E-state index contributed by atoms with van der Waals surface area (Å²) in [6, 6.07) is 16.3. The fourth-order valence-corrected chi connectivity index (χ4v) is 3.39. The molecule has 1 unspecified atom stereocenters. The summed E-state index contributed by atoms with van der Waals surface area (Å²) in [5.41, 5.74) is 4.57. The predicted molar refractivity (Wildman–Crippen MR) is 105 cm³/mol. The van der Waals surface area contributed by atoms with Crippen molar-refractivity contribution in [2.24, 2.45) is 0 Å². The SMILES string of the molecule is CN(CCC=C1c2ccccc2COc2ccccc21)CC(O)CC(=O)O. The van der Waals surface area contributed by atoms with Gasteiger partial charge in [0.2, 0.25) is 0 Å². The lowest BCUT2D eigenvalue weighted by Crippen LogP contribution is -2.31. The Balaban J connectivity index is 1.76. The fraction of sp³-hybridized carbons (Fsp3) is 0.318. The number of hydrogen-bond donors (Lipinski definition) is 2. The number of nitrogens with zero attached hydrogens (tertiary/aromatic N) is 1. The molecule has 0 spiro atoms. The summed E-state index contributed by atoms with van der Waals surface area (Å²) in [5.74, 6) is -0.102. The Morgan fingerprint density at radius 2 is 1.89 bits per heavy atom. The van der Waals surface area contributed by atoms with E-state index in [4.69, 9.17) is 9.84 Å². The van der Waals surface area contributed by atoms with Crippen LogP contribution in [0.2, 0.25) is 0 Å². The van der Waals surface area contributed by atoms with Gasteiger partial charge in [-0.05, 0) is 36.2 Å². The Bertz CT molecular complexity index is 781.